The summed E-state index contributed by atoms with van der Waals surface area (Å²) in [5.74, 6) is -0.133. The van der Waals surface area contributed by atoms with E-state index >= 15 is 0 Å². The number of nitrogen functional groups attached to an aromatic ring is 1. The summed E-state index contributed by atoms with van der Waals surface area (Å²) < 4.78 is 10.3. The fourth-order valence-electron chi connectivity index (χ4n) is 2.60. The van der Waals surface area contributed by atoms with E-state index in [1.54, 1.807) is 13.0 Å². The molecule has 2 N–H and O–H groups in total. The maximum atomic E-state index is 12.0. The number of carbonyl (C=O) groups is 1. The maximum Gasteiger partial charge on any atom is 0.341 e. The predicted molar refractivity (Wildman–Crippen MR) is 96.7 cm³/mol. The normalized spacial score (nSPS) is 10.3. The van der Waals surface area contributed by atoms with E-state index in [0.29, 0.717) is 29.1 Å². The van der Waals surface area contributed by atoms with Gasteiger partial charge in [-0.1, -0.05) is 30.3 Å². The van der Waals surface area contributed by atoms with E-state index in [0.717, 1.165) is 11.3 Å². The number of ether oxygens (including phenoxy) is 2. The lowest BCUT2D eigenvalue weighted by atomic mass is 10.0. The molecule has 0 saturated heterocycles. The molecule has 0 saturated carbocycles. The second-order valence-corrected chi connectivity index (χ2v) is 5.45. The van der Waals surface area contributed by atoms with Crippen molar-refractivity contribution >= 4 is 25.2 Å². The zero-order valence-corrected chi connectivity index (χ0v) is 14.2. The van der Waals surface area contributed by atoms with Crippen molar-refractivity contribution in [3.8, 4) is 5.75 Å². The van der Waals surface area contributed by atoms with Crippen LogP contribution in [0.15, 0.2) is 36.4 Å². The highest BCUT2D eigenvalue weighted by molar-refractivity contribution is 6.08. The molecule has 2 radical (unpaired) electrons. The fourth-order valence-corrected chi connectivity index (χ4v) is 2.60. The zero-order valence-electron chi connectivity index (χ0n) is 14.2. The second kappa shape index (κ2) is 7.77. The molecule has 5 nitrogen and oxygen atoms in total. The van der Waals surface area contributed by atoms with Crippen LogP contribution in [-0.2, 0) is 11.3 Å². The minimum atomic E-state index is -0.500. The van der Waals surface area contributed by atoms with Crippen LogP contribution in [0.2, 0.25) is 0 Å². The van der Waals surface area contributed by atoms with Crippen molar-refractivity contribution in [2.45, 2.75) is 13.5 Å². The number of benzene rings is 2. The van der Waals surface area contributed by atoms with E-state index < -0.39 is 5.97 Å². The van der Waals surface area contributed by atoms with E-state index in [2.05, 4.69) is 0 Å². The average Bonchev–Trinajstić information content (AvgIpc) is 2.58. The number of esters is 1. The Hall–Kier alpha value is -2.63. The summed E-state index contributed by atoms with van der Waals surface area (Å²) in [7, 11) is 8.74. The maximum absolute atomic E-state index is 12.0. The molecule has 6 heteroatoms. The molecule has 24 heavy (non-hydrogen) atoms. The minimum absolute atomic E-state index is 0.0464. The van der Waals surface area contributed by atoms with E-state index in [1.165, 1.54) is 7.11 Å². The molecule has 0 heterocycles. The summed E-state index contributed by atoms with van der Waals surface area (Å²) in [6, 6.07) is 11.8. The Kier molecular flexibility index (Phi) is 5.74. The quantitative estimate of drug-likeness (QED) is 0.502. The minimum Gasteiger partial charge on any atom is -0.503 e. The molecule has 2 aromatic rings. The molecule has 0 unspecified atom stereocenters. The van der Waals surface area contributed by atoms with Gasteiger partial charge in [-0.25, -0.2) is 4.79 Å². The van der Waals surface area contributed by atoms with Crippen LogP contribution in [0.5, 0.6) is 5.75 Å². The molecule has 2 rings (SSSR count). The van der Waals surface area contributed by atoms with Crippen LogP contribution in [0.25, 0.3) is 0 Å². The van der Waals surface area contributed by atoms with Crippen molar-refractivity contribution in [2.24, 2.45) is 0 Å². The van der Waals surface area contributed by atoms with Gasteiger partial charge in [0.2, 0.25) is 0 Å². The Labute approximate surface area is 143 Å². The molecule has 2 aromatic carbocycles. The first kappa shape index (κ1) is 17.7. The lowest BCUT2D eigenvalue weighted by Gasteiger charge is -2.25. The van der Waals surface area contributed by atoms with Gasteiger partial charge in [0.1, 0.15) is 19.2 Å². The van der Waals surface area contributed by atoms with Crippen LogP contribution in [0.4, 0.5) is 11.4 Å². The van der Waals surface area contributed by atoms with Crippen LogP contribution in [0, 0.1) is 6.92 Å². The molecular formula is C18H21BN2O3. The zero-order chi connectivity index (χ0) is 17.7. The molecule has 0 atom stereocenters. The van der Waals surface area contributed by atoms with Gasteiger partial charge in [0.25, 0.3) is 0 Å². The molecule has 0 aliphatic carbocycles. The monoisotopic (exact) mass is 324 g/mol. The molecule has 0 aliphatic heterocycles. The summed E-state index contributed by atoms with van der Waals surface area (Å²) in [5.41, 5.74) is 9.61. The van der Waals surface area contributed by atoms with Gasteiger partial charge in [-0.05, 0) is 18.1 Å². The third-order valence-corrected chi connectivity index (χ3v) is 3.87. The summed E-state index contributed by atoms with van der Waals surface area (Å²) in [5, 5.41) is 0. The van der Waals surface area contributed by atoms with Crippen molar-refractivity contribution in [1.82, 2.24) is 0 Å². The van der Waals surface area contributed by atoms with E-state index in [1.807, 2.05) is 42.3 Å². The summed E-state index contributed by atoms with van der Waals surface area (Å²) >= 11 is 0. The van der Waals surface area contributed by atoms with Gasteiger partial charge in [-0.2, -0.15) is 0 Å². The third kappa shape index (κ3) is 3.64. The molecule has 0 spiro atoms. The molecule has 0 aromatic heterocycles. The molecule has 0 aliphatic rings. The van der Waals surface area contributed by atoms with Crippen molar-refractivity contribution in [1.29, 1.82) is 0 Å². The molecule has 124 valence electrons. The van der Waals surface area contributed by atoms with Gasteiger partial charge in [0.05, 0.1) is 18.5 Å². The van der Waals surface area contributed by atoms with E-state index in [-0.39, 0.29) is 6.51 Å². The van der Waals surface area contributed by atoms with Crippen LogP contribution in [-0.4, -0.2) is 34.5 Å². The SMILES string of the molecule is [B]COc1cc(N(C)Cc2ccccc2)c(N)c(C)c1C(=O)OC. The van der Waals surface area contributed by atoms with Crippen molar-refractivity contribution < 1.29 is 14.3 Å². The summed E-state index contributed by atoms with van der Waals surface area (Å²) in [4.78, 5) is 14.0. The summed E-state index contributed by atoms with van der Waals surface area (Å²) in [6.07, 6.45) is 0. The second-order valence-electron chi connectivity index (χ2n) is 5.45. The smallest absolute Gasteiger partial charge is 0.341 e. The van der Waals surface area contributed by atoms with Crippen LogP contribution < -0.4 is 15.4 Å². The number of hydrogen-bond acceptors (Lipinski definition) is 5. The van der Waals surface area contributed by atoms with Crippen LogP contribution >= 0.6 is 0 Å². The summed E-state index contributed by atoms with van der Waals surface area (Å²) in [6.45, 7) is 2.39. The van der Waals surface area contributed by atoms with Gasteiger partial charge >= 0.3 is 5.97 Å². The predicted octanol–water partition coefficient (Wildman–Crippen LogP) is 2.51. The number of carbonyl (C=O) groups excluding carboxylic acids is 1. The van der Waals surface area contributed by atoms with Gasteiger partial charge in [0.15, 0.2) is 0 Å². The highest BCUT2D eigenvalue weighted by Gasteiger charge is 2.22. The topological polar surface area (TPSA) is 64.8 Å². The average molecular weight is 324 g/mol. The first-order chi connectivity index (χ1) is 11.5. The Morgan fingerprint density at radius 3 is 2.54 bits per heavy atom. The number of anilines is 2. The number of rotatable bonds is 6. The molecule has 0 bridgehead atoms. The number of nitrogens with two attached hydrogens (primary N) is 1. The number of nitrogens with zero attached hydrogens (tertiary/aromatic N) is 1. The molecule has 0 amide bonds. The fraction of sp³-hybridized carbons (Fsp3) is 0.278. The Morgan fingerprint density at radius 2 is 1.96 bits per heavy atom. The van der Waals surface area contributed by atoms with Crippen molar-refractivity contribution in [2.75, 3.05) is 31.3 Å². The highest BCUT2D eigenvalue weighted by atomic mass is 16.5. The van der Waals surface area contributed by atoms with E-state index in [4.69, 9.17) is 23.1 Å². The molecular weight excluding hydrogens is 303 g/mol. The number of hydrogen-bond donors (Lipinski definition) is 1. The van der Waals surface area contributed by atoms with Crippen LogP contribution in [0.1, 0.15) is 21.5 Å². The van der Waals surface area contributed by atoms with Crippen LogP contribution in [0.3, 0.4) is 0 Å². The third-order valence-electron chi connectivity index (χ3n) is 3.87. The largest absolute Gasteiger partial charge is 0.503 e. The Balaban J connectivity index is 2.45. The first-order valence-electron chi connectivity index (χ1n) is 7.58. The highest BCUT2D eigenvalue weighted by Crippen LogP contribution is 2.36. The van der Waals surface area contributed by atoms with Gasteiger partial charge < -0.3 is 20.1 Å². The van der Waals surface area contributed by atoms with Gasteiger partial charge in [0, 0.05) is 26.2 Å². The standard InChI is InChI=1S/C18H21BN2O3/c1-12-16(18(22)23-3)15(24-11-19)9-14(17(12)20)21(2)10-13-7-5-4-6-8-13/h4-9H,10-11,20H2,1-3H3. The Bertz CT molecular complexity index is 720. The first-order valence-corrected chi connectivity index (χ1v) is 7.58. The number of methoxy groups -OCH3 is 1. The lowest BCUT2D eigenvalue weighted by molar-refractivity contribution is 0.0596. The van der Waals surface area contributed by atoms with Crippen molar-refractivity contribution in [3.63, 3.8) is 0 Å². The van der Waals surface area contributed by atoms with Gasteiger partial charge in [-0.15, -0.1) is 0 Å². The Morgan fingerprint density at radius 1 is 1.29 bits per heavy atom. The lowest BCUT2D eigenvalue weighted by Crippen LogP contribution is -2.20. The van der Waals surface area contributed by atoms with Crippen molar-refractivity contribution in [3.05, 3.63) is 53.1 Å². The molecule has 0 fully saturated rings. The van der Waals surface area contributed by atoms with Gasteiger partial charge in [-0.3, -0.25) is 0 Å². The van der Waals surface area contributed by atoms with E-state index in [9.17, 15) is 4.79 Å².